The molecule has 26 heavy (non-hydrogen) atoms. The number of aryl methyl sites for hydroxylation is 1. The Balaban J connectivity index is 1.99. The normalized spacial score (nSPS) is 11.2. The summed E-state index contributed by atoms with van der Waals surface area (Å²) >= 11 is 0. The van der Waals surface area contributed by atoms with Crippen molar-refractivity contribution in [1.82, 2.24) is 14.6 Å². The molecule has 4 aromatic rings. The van der Waals surface area contributed by atoms with Crippen LogP contribution in [0.25, 0.3) is 28.0 Å². The summed E-state index contributed by atoms with van der Waals surface area (Å²) in [5.41, 5.74) is 2.30. The quantitative estimate of drug-likeness (QED) is 0.570. The summed E-state index contributed by atoms with van der Waals surface area (Å²) < 4.78 is 28.7. The first-order valence-electron chi connectivity index (χ1n) is 7.78. The molecule has 0 spiro atoms. The molecule has 0 bridgehead atoms. The molecular weight excluding hydrogens is 340 g/mol. The van der Waals surface area contributed by atoms with E-state index in [-0.39, 0.29) is 22.8 Å². The molecule has 0 saturated heterocycles. The van der Waals surface area contributed by atoms with Crippen molar-refractivity contribution in [2.75, 3.05) is 0 Å². The van der Waals surface area contributed by atoms with Crippen LogP contribution in [0.5, 0.6) is 11.6 Å². The van der Waals surface area contributed by atoms with E-state index >= 15 is 0 Å². The average Bonchev–Trinajstić information content (AvgIpc) is 2.92. The lowest BCUT2D eigenvalue weighted by atomic mass is 10.1. The van der Waals surface area contributed by atoms with Gasteiger partial charge in [0.05, 0.1) is 17.0 Å². The van der Waals surface area contributed by atoms with Gasteiger partial charge in [-0.3, -0.25) is 0 Å². The molecule has 0 amide bonds. The number of rotatable bonds is 2. The number of aromatic hydroxyl groups is 2. The number of benzene rings is 2. The Morgan fingerprint density at radius 3 is 2.38 bits per heavy atom. The highest BCUT2D eigenvalue weighted by Gasteiger charge is 2.19. The summed E-state index contributed by atoms with van der Waals surface area (Å²) in [5, 5.41) is 24.0. The van der Waals surface area contributed by atoms with Crippen LogP contribution in [0.1, 0.15) is 5.69 Å². The SMILES string of the molecule is Cc1nn2c(O)cc(-c3ccc(O)cc3)nc2c1-c1ccc(F)cc1F. The lowest BCUT2D eigenvalue weighted by Crippen LogP contribution is -1.95. The predicted octanol–water partition coefficient (Wildman–Crippen LogP) is 4.06. The fraction of sp³-hybridized carbons (Fsp3) is 0.0526. The average molecular weight is 353 g/mol. The number of aromatic nitrogens is 3. The summed E-state index contributed by atoms with van der Waals surface area (Å²) in [5.74, 6) is -1.48. The van der Waals surface area contributed by atoms with Crippen molar-refractivity contribution >= 4 is 5.65 Å². The number of hydrogen-bond donors (Lipinski definition) is 2. The van der Waals surface area contributed by atoms with E-state index in [0.717, 1.165) is 12.1 Å². The van der Waals surface area contributed by atoms with Crippen LogP contribution in [-0.4, -0.2) is 24.8 Å². The van der Waals surface area contributed by atoms with Gasteiger partial charge in [0.2, 0.25) is 5.88 Å². The van der Waals surface area contributed by atoms with Gasteiger partial charge in [-0.05, 0) is 43.3 Å². The zero-order valence-electron chi connectivity index (χ0n) is 13.6. The van der Waals surface area contributed by atoms with Gasteiger partial charge < -0.3 is 10.2 Å². The first-order chi connectivity index (χ1) is 12.4. The number of halogens is 2. The summed E-state index contributed by atoms with van der Waals surface area (Å²) in [6, 6.07) is 11.0. The molecule has 0 aliphatic carbocycles. The van der Waals surface area contributed by atoms with Crippen molar-refractivity contribution in [1.29, 1.82) is 0 Å². The molecule has 2 aromatic heterocycles. The maximum atomic E-state index is 14.3. The molecular formula is C19H13F2N3O2. The van der Waals surface area contributed by atoms with E-state index in [4.69, 9.17) is 0 Å². The van der Waals surface area contributed by atoms with Crippen LogP contribution < -0.4 is 0 Å². The summed E-state index contributed by atoms with van der Waals surface area (Å²) in [4.78, 5) is 4.50. The molecule has 130 valence electrons. The Morgan fingerprint density at radius 1 is 0.962 bits per heavy atom. The number of hydrogen-bond acceptors (Lipinski definition) is 4. The van der Waals surface area contributed by atoms with Crippen LogP contribution in [0.4, 0.5) is 8.78 Å². The molecule has 0 radical (unpaired) electrons. The topological polar surface area (TPSA) is 70.7 Å². The Bertz CT molecular complexity index is 1140. The second-order valence-corrected chi connectivity index (χ2v) is 5.87. The van der Waals surface area contributed by atoms with Crippen LogP contribution in [0, 0.1) is 18.6 Å². The molecule has 4 rings (SSSR count). The molecule has 7 heteroatoms. The van der Waals surface area contributed by atoms with E-state index in [1.54, 1.807) is 19.1 Å². The summed E-state index contributed by atoms with van der Waals surface area (Å²) in [6.45, 7) is 1.66. The monoisotopic (exact) mass is 353 g/mol. The minimum Gasteiger partial charge on any atom is -0.508 e. The van der Waals surface area contributed by atoms with E-state index < -0.39 is 11.6 Å². The number of phenolic OH excluding ortho intramolecular Hbond substituents is 1. The van der Waals surface area contributed by atoms with Crippen molar-refractivity contribution in [2.24, 2.45) is 0 Å². The van der Waals surface area contributed by atoms with Crippen LogP contribution in [0.2, 0.25) is 0 Å². The minimum absolute atomic E-state index is 0.105. The van der Waals surface area contributed by atoms with Crippen molar-refractivity contribution in [3.8, 4) is 34.0 Å². The second-order valence-electron chi connectivity index (χ2n) is 5.87. The van der Waals surface area contributed by atoms with Crippen molar-refractivity contribution in [3.63, 3.8) is 0 Å². The molecule has 2 N–H and O–H groups in total. The number of fused-ring (bicyclic) bond motifs is 1. The third kappa shape index (κ3) is 2.54. The van der Waals surface area contributed by atoms with E-state index in [2.05, 4.69) is 10.1 Å². The van der Waals surface area contributed by atoms with Gasteiger partial charge in [0.15, 0.2) is 5.65 Å². The van der Waals surface area contributed by atoms with E-state index in [1.165, 1.54) is 28.8 Å². The lowest BCUT2D eigenvalue weighted by Gasteiger charge is -2.06. The van der Waals surface area contributed by atoms with Gasteiger partial charge in [0, 0.05) is 23.3 Å². The number of nitrogens with zero attached hydrogens (tertiary/aromatic N) is 3. The number of phenols is 1. The molecule has 0 unspecified atom stereocenters. The van der Waals surface area contributed by atoms with Gasteiger partial charge in [0.1, 0.15) is 17.4 Å². The maximum absolute atomic E-state index is 14.3. The van der Waals surface area contributed by atoms with Crippen LogP contribution in [0.15, 0.2) is 48.5 Å². The van der Waals surface area contributed by atoms with Crippen molar-refractivity contribution < 1.29 is 19.0 Å². The third-order valence-corrected chi connectivity index (χ3v) is 4.11. The molecule has 2 heterocycles. The largest absolute Gasteiger partial charge is 0.508 e. The van der Waals surface area contributed by atoms with E-state index in [9.17, 15) is 19.0 Å². The zero-order chi connectivity index (χ0) is 18.4. The standard InChI is InChI=1S/C19H13F2N3O2/c1-10-18(14-7-4-12(20)8-15(14)21)19-22-16(9-17(26)24(19)23-10)11-2-5-13(25)6-3-11/h2-9,25-26H,1H3. The Morgan fingerprint density at radius 2 is 1.69 bits per heavy atom. The molecule has 0 aliphatic heterocycles. The van der Waals surface area contributed by atoms with E-state index in [0.29, 0.717) is 22.5 Å². The Kier molecular flexibility index (Phi) is 3.57. The smallest absolute Gasteiger partial charge is 0.216 e. The molecule has 5 nitrogen and oxygen atoms in total. The highest BCUT2D eigenvalue weighted by atomic mass is 19.1. The molecule has 0 aliphatic rings. The van der Waals surface area contributed by atoms with Crippen LogP contribution in [0.3, 0.4) is 0 Å². The van der Waals surface area contributed by atoms with Gasteiger partial charge in [-0.1, -0.05) is 0 Å². The van der Waals surface area contributed by atoms with Crippen LogP contribution in [-0.2, 0) is 0 Å². The van der Waals surface area contributed by atoms with Gasteiger partial charge in [-0.15, -0.1) is 0 Å². The Labute approximate surface area is 146 Å². The first kappa shape index (κ1) is 16.0. The van der Waals surface area contributed by atoms with Gasteiger partial charge in [-0.2, -0.15) is 9.61 Å². The molecule has 0 atom stereocenters. The summed E-state index contributed by atoms with van der Waals surface area (Å²) in [7, 11) is 0. The van der Waals surface area contributed by atoms with E-state index in [1.807, 2.05) is 0 Å². The third-order valence-electron chi connectivity index (χ3n) is 4.11. The van der Waals surface area contributed by atoms with Crippen LogP contribution >= 0.6 is 0 Å². The molecule has 0 fully saturated rings. The maximum Gasteiger partial charge on any atom is 0.216 e. The fourth-order valence-corrected chi connectivity index (χ4v) is 2.90. The zero-order valence-corrected chi connectivity index (χ0v) is 13.6. The van der Waals surface area contributed by atoms with Gasteiger partial charge in [-0.25, -0.2) is 13.8 Å². The first-order valence-corrected chi connectivity index (χ1v) is 7.78. The van der Waals surface area contributed by atoms with Gasteiger partial charge >= 0.3 is 0 Å². The van der Waals surface area contributed by atoms with Gasteiger partial charge in [0.25, 0.3) is 0 Å². The predicted molar refractivity (Wildman–Crippen MR) is 91.8 cm³/mol. The lowest BCUT2D eigenvalue weighted by molar-refractivity contribution is 0.435. The van der Waals surface area contributed by atoms with Crippen molar-refractivity contribution in [2.45, 2.75) is 6.92 Å². The molecule has 0 saturated carbocycles. The highest BCUT2D eigenvalue weighted by Crippen LogP contribution is 2.33. The summed E-state index contributed by atoms with van der Waals surface area (Å²) in [6.07, 6.45) is 0. The fourth-order valence-electron chi connectivity index (χ4n) is 2.90. The highest BCUT2D eigenvalue weighted by molar-refractivity contribution is 5.82. The molecule has 2 aromatic carbocycles. The Hall–Kier alpha value is -3.48. The minimum atomic E-state index is -0.737. The van der Waals surface area contributed by atoms with Crippen molar-refractivity contribution in [3.05, 3.63) is 65.9 Å². The second kappa shape index (κ2) is 5.80.